The number of nitrogens with one attached hydrogen (secondary N) is 2. The molecule has 0 aromatic heterocycles. The van der Waals surface area contributed by atoms with Crippen LogP contribution in [0, 0.1) is 17.5 Å². The molecule has 0 unspecified atom stereocenters. The first-order valence-electron chi connectivity index (χ1n) is 8.30. The summed E-state index contributed by atoms with van der Waals surface area (Å²) in [6.45, 7) is -0.0524. The number of amides is 2. The van der Waals surface area contributed by atoms with Crippen molar-refractivity contribution in [1.82, 2.24) is 10.6 Å². The van der Waals surface area contributed by atoms with E-state index in [0.29, 0.717) is 11.3 Å². The highest BCUT2D eigenvalue weighted by Crippen LogP contribution is 2.23. The Morgan fingerprint density at radius 3 is 2.52 bits per heavy atom. The summed E-state index contributed by atoms with van der Waals surface area (Å²) in [7, 11) is 0. The van der Waals surface area contributed by atoms with Crippen LogP contribution >= 0.6 is 11.8 Å². The van der Waals surface area contributed by atoms with Crippen molar-refractivity contribution in [3.63, 3.8) is 0 Å². The Hall–Kier alpha value is -2.48. The van der Waals surface area contributed by atoms with E-state index in [2.05, 4.69) is 10.6 Å². The van der Waals surface area contributed by atoms with Gasteiger partial charge in [0.15, 0.2) is 0 Å². The van der Waals surface area contributed by atoms with E-state index in [-0.39, 0.29) is 30.3 Å². The molecular formula is C19H17F3N2O2S. The standard InChI is InChI=1S/C19H17F3N2O2S/c20-13-5-11(6-14(21)8-13)9-23-18(25)16-10-27-17(19(26)24-16)7-12-3-1-2-4-15(12)22/h1-6,8,16-17H,7,9-10H2,(H,23,25)(H,24,26)/t16-,17+/m1/s1. The number of hydrogen-bond acceptors (Lipinski definition) is 3. The molecule has 0 bridgehead atoms. The van der Waals surface area contributed by atoms with E-state index in [1.54, 1.807) is 18.2 Å². The molecule has 2 N–H and O–H groups in total. The van der Waals surface area contributed by atoms with Crippen molar-refractivity contribution in [3.05, 3.63) is 71.0 Å². The number of rotatable bonds is 5. The van der Waals surface area contributed by atoms with Crippen LogP contribution in [0.3, 0.4) is 0 Å². The van der Waals surface area contributed by atoms with Crippen molar-refractivity contribution < 1.29 is 22.8 Å². The van der Waals surface area contributed by atoms with Gasteiger partial charge in [0.2, 0.25) is 11.8 Å². The van der Waals surface area contributed by atoms with Crippen molar-refractivity contribution in [3.8, 4) is 0 Å². The topological polar surface area (TPSA) is 58.2 Å². The van der Waals surface area contributed by atoms with Gasteiger partial charge in [0, 0.05) is 18.4 Å². The lowest BCUT2D eigenvalue weighted by Crippen LogP contribution is -2.54. The largest absolute Gasteiger partial charge is 0.350 e. The van der Waals surface area contributed by atoms with Crippen molar-refractivity contribution in [2.24, 2.45) is 0 Å². The lowest BCUT2D eigenvalue weighted by atomic mass is 10.1. The van der Waals surface area contributed by atoms with Crippen LogP contribution in [0.2, 0.25) is 0 Å². The van der Waals surface area contributed by atoms with Crippen LogP contribution in [-0.2, 0) is 22.6 Å². The second kappa shape index (κ2) is 8.47. The SMILES string of the molecule is O=C1N[C@@H](C(=O)NCc2cc(F)cc(F)c2)CS[C@H]1Cc1ccccc1F. The molecule has 2 aromatic carbocycles. The zero-order chi connectivity index (χ0) is 19.4. The van der Waals surface area contributed by atoms with Gasteiger partial charge in [-0.15, -0.1) is 11.8 Å². The maximum Gasteiger partial charge on any atom is 0.243 e. The summed E-state index contributed by atoms with van der Waals surface area (Å²) in [5.41, 5.74) is 0.731. The first-order valence-corrected chi connectivity index (χ1v) is 9.35. The predicted molar refractivity (Wildman–Crippen MR) is 96.5 cm³/mol. The molecule has 27 heavy (non-hydrogen) atoms. The zero-order valence-electron chi connectivity index (χ0n) is 14.2. The lowest BCUT2D eigenvalue weighted by Gasteiger charge is -2.28. The fourth-order valence-electron chi connectivity index (χ4n) is 2.78. The normalized spacial score (nSPS) is 19.4. The predicted octanol–water partition coefficient (Wildman–Crippen LogP) is 2.56. The van der Waals surface area contributed by atoms with Gasteiger partial charge in [0.1, 0.15) is 23.5 Å². The highest BCUT2D eigenvalue weighted by atomic mass is 32.2. The van der Waals surface area contributed by atoms with Crippen LogP contribution in [0.4, 0.5) is 13.2 Å². The molecule has 3 rings (SSSR count). The molecular weight excluding hydrogens is 377 g/mol. The quantitative estimate of drug-likeness (QED) is 0.820. The van der Waals surface area contributed by atoms with Crippen LogP contribution in [0.25, 0.3) is 0 Å². The molecule has 4 nitrogen and oxygen atoms in total. The van der Waals surface area contributed by atoms with Crippen LogP contribution in [0.5, 0.6) is 0 Å². The first-order chi connectivity index (χ1) is 12.9. The van der Waals surface area contributed by atoms with Gasteiger partial charge >= 0.3 is 0 Å². The average molecular weight is 394 g/mol. The maximum absolute atomic E-state index is 13.7. The molecule has 1 saturated heterocycles. The molecule has 142 valence electrons. The third-order valence-electron chi connectivity index (χ3n) is 4.14. The fraction of sp³-hybridized carbons (Fsp3) is 0.263. The molecule has 1 heterocycles. The number of halogens is 3. The second-order valence-corrected chi connectivity index (χ2v) is 7.41. The van der Waals surface area contributed by atoms with E-state index in [1.807, 2.05) is 0 Å². The third-order valence-corrected chi connectivity index (χ3v) is 5.45. The summed E-state index contributed by atoms with van der Waals surface area (Å²) in [4.78, 5) is 24.5. The average Bonchev–Trinajstić information content (AvgIpc) is 2.62. The van der Waals surface area contributed by atoms with Crippen LogP contribution in [-0.4, -0.2) is 28.9 Å². The van der Waals surface area contributed by atoms with Gasteiger partial charge in [-0.1, -0.05) is 18.2 Å². The molecule has 2 amide bonds. The highest BCUT2D eigenvalue weighted by Gasteiger charge is 2.32. The number of carbonyl (C=O) groups is 2. The number of thioether (sulfide) groups is 1. The Labute approximate surface area is 158 Å². The minimum atomic E-state index is -0.752. The monoisotopic (exact) mass is 394 g/mol. The van der Waals surface area contributed by atoms with Crippen LogP contribution in [0.1, 0.15) is 11.1 Å². The van der Waals surface area contributed by atoms with Crippen LogP contribution < -0.4 is 10.6 Å². The Bertz CT molecular complexity index is 842. The summed E-state index contributed by atoms with van der Waals surface area (Å²) >= 11 is 1.28. The van der Waals surface area contributed by atoms with Gasteiger partial charge in [0.05, 0.1) is 5.25 Å². The molecule has 1 aliphatic rings. The summed E-state index contributed by atoms with van der Waals surface area (Å²) in [6.07, 6.45) is 0.236. The number of carbonyl (C=O) groups excluding carboxylic acids is 2. The Morgan fingerprint density at radius 2 is 1.85 bits per heavy atom. The zero-order valence-corrected chi connectivity index (χ0v) is 15.0. The molecule has 1 fully saturated rings. The summed E-state index contributed by atoms with van der Waals surface area (Å²) in [5.74, 6) is -2.27. The van der Waals surface area contributed by atoms with E-state index in [9.17, 15) is 22.8 Å². The lowest BCUT2D eigenvalue weighted by molar-refractivity contribution is -0.128. The van der Waals surface area contributed by atoms with Gasteiger partial charge in [-0.25, -0.2) is 13.2 Å². The fourth-order valence-corrected chi connectivity index (χ4v) is 3.95. The molecule has 0 saturated carbocycles. The molecule has 1 aliphatic heterocycles. The van der Waals surface area contributed by atoms with Gasteiger partial charge < -0.3 is 10.6 Å². The minimum absolute atomic E-state index is 0.0524. The van der Waals surface area contributed by atoms with Crippen molar-refractivity contribution >= 4 is 23.6 Å². The maximum atomic E-state index is 13.7. The van der Waals surface area contributed by atoms with E-state index < -0.39 is 28.8 Å². The van der Waals surface area contributed by atoms with E-state index in [4.69, 9.17) is 0 Å². The molecule has 0 aliphatic carbocycles. The Balaban J connectivity index is 1.53. The smallest absolute Gasteiger partial charge is 0.243 e. The molecule has 2 aromatic rings. The Kier molecular flexibility index (Phi) is 6.05. The number of benzene rings is 2. The van der Waals surface area contributed by atoms with Gasteiger partial charge in [-0.3, -0.25) is 9.59 Å². The highest BCUT2D eigenvalue weighted by molar-refractivity contribution is 8.00. The Morgan fingerprint density at radius 1 is 1.15 bits per heavy atom. The van der Waals surface area contributed by atoms with Crippen molar-refractivity contribution in [2.75, 3.05) is 5.75 Å². The van der Waals surface area contributed by atoms with Crippen molar-refractivity contribution in [2.45, 2.75) is 24.3 Å². The molecule has 0 spiro atoms. The minimum Gasteiger partial charge on any atom is -0.350 e. The van der Waals surface area contributed by atoms with Gasteiger partial charge in [-0.2, -0.15) is 0 Å². The summed E-state index contributed by atoms with van der Waals surface area (Å²) in [6, 6.07) is 8.50. The first kappa shape index (κ1) is 19.3. The van der Waals surface area contributed by atoms with Gasteiger partial charge in [0.25, 0.3) is 0 Å². The van der Waals surface area contributed by atoms with Crippen LogP contribution in [0.15, 0.2) is 42.5 Å². The number of hydrogen-bond donors (Lipinski definition) is 2. The van der Waals surface area contributed by atoms with E-state index in [0.717, 1.165) is 18.2 Å². The van der Waals surface area contributed by atoms with E-state index >= 15 is 0 Å². The molecule has 0 radical (unpaired) electrons. The summed E-state index contributed by atoms with van der Waals surface area (Å²) < 4.78 is 40.1. The molecule has 8 heteroatoms. The van der Waals surface area contributed by atoms with Crippen molar-refractivity contribution in [1.29, 1.82) is 0 Å². The summed E-state index contributed by atoms with van der Waals surface area (Å²) in [5, 5.41) is 4.70. The third kappa shape index (κ3) is 5.03. The second-order valence-electron chi connectivity index (χ2n) is 6.17. The molecule has 2 atom stereocenters. The van der Waals surface area contributed by atoms with E-state index in [1.165, 1.54) is 17.8 Å². The van der Waals surface area contributed by atoms with Gasteiger partial charge in [-0.05, 0) is 35.7 Å².